The number of hydrogen-bond acceptors (Lipinski definition) is 5. The molecule has 0 saturated carbocycles. The molecule has 3 rings (SSSR count). The van der Waals surface area contributed by atoms with Crippen molar-refractivity contribution in [2.75, 3.05) is 19.0 Å². The van der Waals surface area contributed by atoms with Crippen LogP contribution in [0.5, 0.6) is 5.75 Å². The predicted octanol–water partition coefficient (Wildman–Crippen LogP) is 5.27. The lowest BCUT2D eigenvalue weighted by Gasteiger charge is -2.33. The van der Waals surface area contributed by atoms with Crippen LogP contribution in [0.25, 0.3) is 0 Å². The number of rotatable bonds is 6. The van der Waals surface area contributed by atoms with Crippen LogP contribution in [0, 0.1) is 11.3 Å². The first-order valence-corrected chi connectivity index (χ1v) is 11.3. The maximum Gasteiger partial charge on any atom is 0.341 e. The Hall–Kier alpha value is -2.34. The van der Waals surface area contributed by atoms with Crippen LogP contribution in [0.3, 0.4) is 0 Å². The van der Waals surface area contributed by atoms with Crippen LogP contribution in [0.1, 0.15) is 60.5 Å². The van der Waals surface area contributed by atoms with Crippen LogP contribution in [-0.4, -0.2) is 25.6 Å². The quantitative estimate of drug-likeness (QED) is 0.636. The smallest absolute Gasteiger partial charge is 0.341 e. The third kappa shape index (κ3) is 5.04. The fraction of sp³-hybridized carbons (Fsp3) is 0.500. The number of aryl methyl sites for hydroxylation is 1. The van der Waals surface area contributed by atoms with E-state index in [1.807, 2.05) is 24.3 Å². The molecule has 1 aromatic carbocycles. The van der Waals surface area contributed by atoms with Crippen molar-refractivity contribution < 1.29 is 19.1 Å². The van der Waals surface area contributed by atoms with Gasteiger partial charge in [0.05, 0.1) is 12.7 Å². The Labute approximate surface area is 182 Å². The summed E-state index contributed by atoms with van der Waals surface area (Å²) in [6, 6.07) is 7.71. The number of benzene rings is 1. The highest BCUT2D eigenvalue weighted by atomic mass is 32.1. The molecule has 0 aliphatic heterocycles. The molecule has 6 heteroatoms. The van der Waals surface area contributed by atoms with Gasteiger partial charge >= 0.3 is 5.97 Å². The first-order chi connectivity index (χ1) is 14.2. The van der Waals surface area contributed by atoms with E-state index in [-0.39, 0.29) is 17.9 Å². The summed E-state index contributed by atoms with van der Waals surface area (Å²) in [6.07, 6.45) is 3.68. The summed E-state index contributed by atoms with van der Waals surface area (Å²) in [4.78, 5) is 26.2. The molecule has 0 unspecified atom stereocenters. The third-order valence-corrected chi connectivity index (χ3v) is 6.98. The summed E-state index contributed by atoms with van der Waals surface area (Å²) in [5, 5.41) is 3.46. The second kappa shape index (κ2) is 9.21. The zero-order chi connectivity index (χ0) is 21.9. The van der Waals surface area contributed by atoms with E-state index in [9.17, 15) is 9.59 Å². The molecule has 1 heterocycles. The van der Waals surface area contributed by atoms with Gasteiger partial charge in [0.2, 0.25) is 0 Å². The molecule has 1 aliphatic carbocycles. The van der Waals surface area contributed by atoms with Crippen LogP contribution < -0.4 is 10.1 Å². The molecule has 0 fully saturated rings. The Morgan fingerprint density at radius 1 is 1.27 bits per heavy atom. The van der Waals surface area contributed by atoms with Gasteiger partial charge in [0.15, 0.2) is 6.61 Å². The van der Waals surface area contributed by atoms with Gasteiger partial charge < -0.3 is 14.8 Å². The number of fused-ring (bicyclic) bond motifs is 1. The first kappa shape index (κ1) is 22.3. The van der Waals surface area contributed by atoms with E-state index < -0.39 is 5.97 Å². The minimum atomic E-state index is -0.395. The molecule has 30 heavy (non-hydrogen) atoms. The molecule has 0 spiro atoms. The van der Waals surface area contributed by atoms with Crippen molar-refractivity contribution in [1.82, 2.24) is 0 Å². The van der Waals surface area contributed by atoms with Crippen molar-refractivity contribution in [3.63, 3.8) is 0 Å². The molecule has 162 valence electrons. The lowest BCUT2D eigenvalue weighted by atomic mass is 9.72. The predicted molar refractivity (Wildman–Crippen MR) is 121 cm³/mol. The minimum absolute atomic E-state index is 0.110. The SMILES string of the molecule is CCc1cccc(OCC(=O)Nc2sc3c(c2C(=O)OC)CC[C@@H](C(C)(C)C)C3)c1. The number of esters is 1. The van der Waals surface area contributed by atoms with Crippen molar-refractivity contribution >= 4 is 28.2 Å². The molecule has 1 amide bonds. The van der Waals surface area contributed by atoms with E-state index in [1.54, 1.807) is 0 Å². The summed E-state index contributed by atoms with van der Waals surface area (Å²) in [6.45, 7) is 8.73. The standard InChI is InChI=1S/C24H31NO4S/c1-6-15-8-7-9-17(12-15)29-14-20(26)25-22-21(23(27)28-5)18-11-10-16(24(2,3)4)13-19(18)30-22/h7-9,12,16H,6,10-11,13-14H2,1-5H3,(H,25,26)/t16-/m1/s1. The van der Waals surface area contributed by atoms with Crippen LogP contribution in [-0.2, 0) is 28.8 Å². The van der Waals surface area contributed by atoms with Crippen LogP contribution in [0.15, 0.2) is 24.3 Å². The number of ether oxygens (including phenoxy) is 2. The molecule has 1 atom stereocenters. The summed E-state index contributed by atoms with van der Waals surface area (Å²) in [5.41, 5.74) is 2.89. The molecule has 0 saturated heterocycles. The third-order valence-electron chi connectivity index (χ3n) is 5.81. The topological polar surface area (TPSA) is 64.6 Å². The molecule has 0 bridgehead atoms. The minimum Gasteiger partial charge on any atom is -0.484 e. The molecular formula is C24H31NO4S. The summed E-state index contributed by atoms with van der Waals surface area (Å²) in [5.74, 6) is 0.532. The van der Waals surface area contributed by atoms with E-state index in [1.165, 1.54) is 23.3 Å². The highest BCUT2D eigenvalue weighted by Crippen LogP contribution is 2.44. The maximum atomic E-state index is 12.6. The van der Waals surface area contributed by atoms with Gasteiger partial charge in [0, 0.05) is 4.88 Å². The lowest BCUT2D eigenvalue weighted by Crippen LogP contribution is -2.26. The highest BCUT2D eigenvalue weighted by molar-refractivity contribution is 7.17. The number of amides is 1. The maximum absolute atomic E-state index is 12.6. The zero-order valence-corrected chi connectivity index (χ0v) is 19.3. The zero-order valence-electron chi connectivity index (χ0n) is 18.5. The van der Waals surface area contributed by atoms with Gasteiger partial charge in [-0.3, -0.25) is 4.79 Å². The normalized spacial score (nSPS) is 16.0. The number of carbonyl (C=O) groups is 2. The first-order valence-electron chi connectivity index (χ1n) is 10.5. The fourth-order valence-corrected chi connectivity index (χ4v) is 5.23. The number of thiophene rings is 1. The molecule has 0 radical (unpaired) electrons. The summed E-state index contributed by atoms with van der Waals surface area (Å²) < 4.78 is 10.7. The molecule has 2 aromatic rings. The van der Waals surface area contributed by atoms with Gasteiger partial charge in [-0.25, -0.2) is 4.79 Å². The van der Waals surface area contributed by atoms with Gasteiger partial charge in [-0.05, 0) is 60.3 Å². The van der Waals surface area contributed by atoms with E-state index >= 15 is 0 Å². The number of methoxy groups -OCH3 is 1. The number of carbonyl (C=O) groups excluding carboxylic acids is 2. The van der Waals surface area contributed by atoms with Gasteiger partial charge in [-0.15, -0.1) is 11.3 Å². The summed E-state index contributed by atoms with van der Waals surface area (Å²) in [7, 11) is 1.38. The second-order valence-electron chi connectivity index (χ2n) is 8.84. The van der Waals surface area contributed by atoms with Crippen molar-refractivity contribution in [3.05, 3.63) is 45.8 Å². The molecule has 1 N–H and O–H groups in total. The van der Waals surface area contributed by atoms with Crippen molar-refractivity contribution in [3.8, 4) is 5.75 Å². The monoisotopic (exact) mass is 429 g/mol. The van der Waals surface area contributed by atoms with Crippen LogP contribution in [0.4, 0.5) is 5.00 Å². The van der Waals surface area contributed by atoms with Gasteiger partial charge in [-0.2, -0.15) is 0 Å². The number of hydrogen-bond donors (Lipinski definition) is 1. The van der Waals surface area contributed by atoms with Gasteiger partial charge in [0.1, 0.15) is 10.8 Å². The van der Waals surface area contributed by atoms with Crippen LogP contribution >= 0.6 is 11.3 Å². The van der Waals surface area contributed by atoms with E-state index in [2.05, 4.69) is 33.0 Å². The Morgan fingerprint density at radius 3 is 2.70 bits per heavy atom. The lowest BCUT2D eigenvalue weighted by molar-refractivity contribution is -0.118. The second-order valence-corrected chi connectivity index (χ2v) is 9.95. The van der Waals surface area contributed by atoms with E-state index in [0.29, 0.717) is 22.2 Å². The Kier molecular flexibility index (Phi) is 6.86. The fourth-order valence-electron chi connectivity index (χ4n) is 3.90. The highest BCUT2D eigenvalue weighted by Gasteiger charge is 2.34. The molecule has 1 aromatic heterocycles. The van der Waals surface area contributed by atoms with Crippen molar-refractivity contribution in [1.29, 1.82) is 0 Å². The van der Waals surface area contributed by atoms with Crippen molar-refractivity contribution in [2.24, 2.45) is 11.3 Å². The largest absolute Gasteiger partial charge is 0.484 e. The summed E-state index contributed by atoms with van der Waals surface area (Å²) >= 11 is 1.49. The Balaban J connectivity index is 1.75. The number of nitrogens with one attached hydrogen (secondary N) is 1. The molecule has 1 aliphatic rings. The van der Waals surface area contributed by atoms with Crippen molar-refractivity contribution in [2.45, 2.75) is 53.4 Å². The average molecular weight is 430 g/mol. The molecular weight excluding hydrogens is 398 g/mol. The average Bonchev–Trinajstić information content (AvgIpc) is 3.08. The Bertz CT molecular complexity index is 926. The van der Waals surface area contributed by atoms with Gasteiger partial charge in [0.25, 0.3) is 5.91 Å². The van der Waals surface area contributed by atoms with Gasteiger partial charge in [-0.1, -0.05) is 39.8 Å². The van der Waals surface area contributed by atoms with E-state index in [4.69, 9.17) is 9.47 Å². The molecule has 5 nitrogen and oxygen atoms in total. The van der Waals surface area contributed by atoms with E-state index in [0.717, 1.165) is 36.8 Å². The Morgan fingerprint density at radius 2 is 2.03 bits per heavy atom. The van der Waals surface area contributed by atoms with Crippen LogP contribution in [0.2, 0.25) is 0 Å². The number of anilines is 1.